The minimum atomic E-state index is -0.706. The van der Waals surface area contributed by atoms with Crippen LogP contribution in [0.5, 0.6) is 0 Å². The van der Waals surface area contributed by atoms with Gasteiger partial charge in [0.05, 0.1) is 6.04 Å². The molecule has 0 saturated carbocycles. The summed E-state index contributed by atoms with van der Waals surface area (Å²) in [4.78, 5) is 38.1. The highest BCUT2D eigenvalue weighted by molar-refractivity contribution is 9.10. The van der Waals surface area contributed by atoms with E-state index in [4.69, 9.17) is 0 Å². The molecule has 5 heteroatoms. The van der Waals surface area contributed by atoms with Crippen LogP contribution in [0.2, 0.25) is 0 Å². The maximum atomic E-state index is 13.0. The molecule has 1 saturated heterocycles. The van der Waals surface area contributed by atoms with Crippen LogP contribution in [-0.4, -0.2) is 27.3 Å². The number of hydrogen-bond donors (Lipinski definition) is 0. The lowest BCUT2D eigenvalue weighted by Crippen LogP contribution is -2.40. The summed E-state index contributed by atoms with van der Waals surface area (Å²) in [6.07, 6.45) is 0.390. The molecule has 25 heavy (non-hydrogen) atoms. The molecular weight excluding hydrogens is 382 g/mol. The largest absolute Gasteiger partial charge is 0.293 e. The Morgan fingerprint density at radius 3 is 2.24 bits per heavy atom. The zero-order valence-electron chi connectivity index (χ0n) is 13.8. The van der Waals surface area contributed by atoms with E-state index < -0.39 is 10.9 Å². The van der Waals surface area contributed by atoms with Gasteiger partial charge < -0.3 is 0 Å². The standard InChI is InChI=1S/C20H18BrNO3/c1-13-6-5-9-15(12-13)20(25)18(21)19(14-7-3-2-4-8-14)22-16(23)10-11-17(22)24/h2-9,12,18-19H,10-11H2,1H3/t18-,19-/m1/s1. The third kappa shape index (κ3) is 3.56. The summed E-state index contributed by atoms with van der Waals surface area (Å²) in [6.45, 7) is 1.92. The molecule has 1 aliphatic heterocycles. The van der Waals surface area contributed by atoms with Gasteiger partial charge in [-0.15, -0.1) is 0 Å². The number of alkyl halides is 1. The van der Waals surface area contributed by atoms with Crippen molar-refractivity contribution in [1.29, 1.82) is 0 Å². The molecule has 0 spiro atoms. The van der Waals surface area contributed by atoms with Gasteiger partial charge in [0.1, 0.15) is 4.83 Å². The second-order valence-electron chi connectivity index (χ2n) is 6.15. The van der Waals surface area contributed by atoms with Gasteiger partial charge in [0, 0.05) is 18.4 Å². The smallest absolute Gasteiger partial charge is 0.230 e. The second-order valence-corrected chi connectivity index (χ2v) is 7.13. The Labute approximate surface area is 155 Å². The Hall–Kier alpha value is -2.27. The van der Waals surface area contributed by atoms with Crippen molar-refractivity contribution in [2.45, 2.75) is 30.6 Å². The van der Waals surface area contributed by atoms with Gasteiger partial charge in [0.15, 0.2) is 5.78 Å². The van der Waals surface area contributed by atoms with Gasteiger partial charge in [-0.3, -0.25) is 19.3 Å². The topological polar surface area (TPSA) is 54.5 Å². The molecule has 0 unspecified atom stereocenters. The number of rotatable bonds is 5. The van der Waals surface area contributed by atoms with E-state index in [0.29, 0.717) is 5.56 Å². The number of imide groups is 1. The molecule has 1 heterocycles. The molecule has 0 radical (unpaired) electrons. The lowest BCUT2D eigenvalue weighted by molar-refractivity contribution is -0.141. The summed E-state index contributed by atoms with van der Waals surface area (Å²) in [5.74, 6) is -0.620. The Bertz CT molecular complexity index is 803. The molecule has 0 aliphatic carbocycles. The van der Waals surface area contributed by atoms with Crippen molar-refractivity contribution in [1.82, 2.24) is 4.90 Å². The van der Waals surface area contributed by atoms with Gasteiger partial charge in [-0.05, 0) is 18.6 Å². The first-order valence-corrected chi connectivity index (χ1v) is 9.05. The van der Waals surface area contributed by atoms with E-state index in [1.807, 2.05) is 55.5 Å². The van der Waals surface area contributed by atoms with Gasteiger partial charge in [0.2, 0.25) is 11.8 Å². The first-order chi connectivity index (χ1) is 12.0. The van der Waals surface area contributed by atoms with Crippen LogP contribution in [0.3, 0.4) is 0 Å². The molecule has 0 bridgehead atoms. The predicted molar refractivity (Wildman–Crippen MR) is 98.5 cm³/mol. The zero-order chi connectivity index (χ0) is 18.0. The fourth-order valence-electron chi connectivity index (χ4n) is 3.10. The number of likely N-dealkylation sites (tertiary alicyclic amines) is 1. The van der Waals surface area contributed by atoms with Gasteiger partial charge in [-0.25, -0.2) is 0 Å². The molecule has 4 nitrogen and oxygen atoms in total. The van der Waals surface area contributed by atoms with Crippen LogP contribution < -0.4 is 0 Å². The first-order valence-electron chi connectivity index (χ1n) is 8.14. The molecule has 0 aromatic heterocycles. The SMILES string of the molecule is Cc1cccc(C(=O)[C@H](Br)[C@@H](c2ccccc2)N2C(=O)CCC2=O)c1. The fraction of sp³-hybridized carbons (Fsp3) is 0.250. The van der Waals surface area contributed by atoms with Gasteiger partial charge in [-0.1, -0.05) is 70.0 Å². The number of carbonyl (C=O) groups is 3. The van der Waals surface area contributed by atoms with Gasteiger partial charge in [0.25, 0.3) is 0 Å². The van der Waals surface area contributed by atoms with Crippen molar-refractivity contribution in [3.05, 3.63) is 71.3 Å². The van der Waals surface area contributed by atoms with Crippen molar-refractivity contribution in [2.24, 2.45) is 0 Å². The Kier molecular flexibility index (Phi) is 5.13. The molecule has 2 atom stereocenters. The summed E-state index contributed by atoms with van der Waals surface area (Å²) < 4.78 is 0. The average Bonchev–Trinajstić information content (AvgIpc) is 2.94. The number of hydrogen-bond acceptors (Lipinski definition) is 3. The molecule has 128 valence electrons. The second kappa shape index (κ2) is 7.31. The van der Waals surface area contributed by atoms with E-state index in [2.05, 4.69) is 15.9 Å². The monoisotopic (exact) mass is 399 g/mol. The van der Waals surface area contributed by atoms with Crippen LogP contribution >= 0.6 is 15.9 Å². The Morgan fingerprint density at radius 1 is 1.00 bits per heavy atom. The van der Waals surface area contributed by atoms with Crippen LogP contribution in [0.4, 0.5) is 0 Å². The Balaban J connectivity index is 2.00. The maximum Gasteiger partial charge on any atom is 0.230 e. The van der Waals surface area contributed by atoms with E-state index in [0.717, 1.165) is 11.1 Å². The minimum Gasteiger partial charge on any atom is -0.293 e. The van der Waals surface area contributed by atoms with E-state index in [1.165, 1.54) is 4.90 Å². The lowest BCUT2D eigenvalue weighted by atomic mass is 9.96. The van der Waals surface area contributed by atoms with Crippen LogP contribution in [0.25, 0.3) is 0 Å². The van der Waals surface area contributed by atoms with Crippen molar-refractivity contribution in [2.75, 3.05) is 0 Å². The normalized spacial score (nSPS) is 16.8. The summed E-state index contributed by atoms with van der Waals surface area (Å²) in [6, 6.07) is 15.9. The summed E-state index contributed by atoms with van der Waals surface area (Å²) in [5, 5.41) is 0. The molecule has 2 aromatic carbocycles. The number of ketones is 1. The zero-order valence-corrected chi connectivity index (χ0v) is 15.4. The van der Waals surface area contributed by atoms with Gasteiger partial charge >= 0.3 is 0 Å². The third-order valence-electron chi connectivity index (χ3n) is 4.34. The van der Waals surface area contributed by atoms with Crippen LogP contribution in [0.15, 0.2) is 54.6 Å². The van der Waals surface area contributed by atoms with Crippen molar-refractivity contribution >= 4 is 33.5 Å². The van der Waals surface area contributed by atoms with Crippen molar-refractivity contribution < 1.29 is 14.4 Å². The molecule has 0 N–H and O–H groups in total. The highest BCUT2D eigenvalue weighted by Gasteiger charge is 2.41. The molecular formula is C20H18BrNO3. The quantitative estimate of drug-likeness (QED) is 0.436. The van der Waals surface area contributed by atoms with E-state index in [-0.39, 0.29) is 30.4 Å². The summed E-state index contributed by atoms with van der Waals surface area (Å²) in [5.41, 5.74) is 2.30. The molecule has 1 fully saturated rings. The average molecular weight is 400 g/mol. The highest BCUT2D eigenvalue weighted by Crippen LogP contribution is 2.35. The number of halogens is 1. The Morgan fingerprint density at radius 2 is 1.64 bits per heavy atom. The van der Waals surface area contributed by atoms with Gasteiger partial charge in [-0.2, -0.15) is 0 Å². The third-order valence-corrected chi connectivity index (χ3v) is 5.26. The lowest BCUT2D eigenvalue weighted by Gasteiger charge is -2.30. The molecule has 3 rings (SSSR count). The van der Waals surface area contributed by atoms with Crippen LogP contribution in [-0.2, 0) is 9.59 Å². The number of aryl methyl sites for hydroxylation is 1. The molecule has 1 aliphatic rings. The molecule has 2 aromatic rings. The van der Waals surface area contributed by atoms with Crippen molar-refractivity contribution in [3.8, 4) is 0 Å². The first kappa shape index (κ1) is 17.5. The van der Waals surface area contributed by atoms with E-state index in [9.17, 15) is 14.4 Å². The molecule has 2 amide bonds. The number of Topliss-reactive ketones (excluding diaryl/α,β-unsaturated/α-hetero) is 1. The summed E-state index contributed by atoms with van der Waals surface area (Å²) >= 11 is 3.48. The predicted octanol–water partition coefficient (Wildman–Crippen LogP) is 3.83. The number of carbonyl (C=O) groups excluding carboxylic acids is 3. The van der Waals surface area contributed by atoms with Crippen LogP contribution in [0.1, 0.15) is 40.4 Å². The van der Waals surface area contributed by atoms with E-state index in [1.54, 1.807) is 6.07 Å². The number of nitrogens with zero attached hydrogens (tertiary/aromatic N) is 1. The number of amides is 2. The van der Waals surface area contributed by atoms with Crippen molar-refractivity contribution in [3.63, 3.8) is 0 Å². The minimum absolute atomic E-state index is 0.148. The van der Waals surface area contributed by atoms with E-state index >= 15 is 0 Å². The maximum absolute atomic E-state index is 13.0. The highest BCUT2D eigenvalue weighted by atomic mass is 79.9. The summed E-state index contributed by atoms with van der Waals surface area (Å²) in [7, 11) is 0. The van der Waals surface area contributed by atoms with Crippen LogP contribution in [0, 0.1) is 6.92 Å². The number of benzene rings is 2. The fourth-order valence-corrected chi connectivity index (χ4v) is 3.91.